The Balaban J connectivity index is 1.56. The van der Waals surface area contributed by atoms with Gasteiger partial charge in [-0.25, -0.2) is 0 Å². The SMILES string of the molecule is c1ccc(C2CCC3(CCCCCCCCCCCCCC3)O2)cc1. The van der Waals surface area contributed by atoms with Gasteiger partial charge in [0.1, 0.15) is 0 Å². The summed E-state index contributed by atoms with van der Waals surface area (Å²) in [5, 5.41) is 0. The molecule has 3 rings (SSSR count). The van der Waals surface area contributed by atoms with Crippen molar-refractivity contribution in [2.45, 2.75) is 114 Å². The number of ether oxygens (including phenoxy) is 1. The van der Waals surface area contributed by atoms with E-state index < -0.39 is 0 Å². The molecule has 1 aromatic rings. The average molecular weight is 343 g/mol. The second-order valence-electron chi connectivity index (χ2n) is 8.48. The van der Waals surface area contributed by atoms with E-state index in [0.29, 0.717) is 6.10 Å². The predicted octanol–water partition coefficient (Wildman–Crippen LogP) is 7.75. The van der Waals surface area contributed by atoms with Crippen LogP contribution in [0.25, 0.3) is 0 Å². The van der Waals surface area contributed by atoms with E-state index in [2.05, 4.69) is 30.3 Å². The molecule has 2 aliphatic rings. The van der Waals surface area contributed by atoms with Crippen molar-refractivity contribution in [3.05, 3.63) is 35.9 Å². The molecule has 1 saturated carbocycles. The van der Waals surface area contributed by atoms with Crippen molar-refractivity contribution in [3.63, 3.8) is 0 Å². The summed E-state index contributed by atoms with van der Waals surface area (Å²) in [6, 6.07) is 10.9. The van der Waals surface area contributed by atoms with E-state index in [0.717, 1.165) is 0 Å². The summed E-state index contributed by atoms with van der Waals surface area (Å²) in [6.07, 6.45) is 22.5. The fourth-order valence-corrected chi connectivity index (χ4v) is 4.87. The first-order valence-electron chi connectivity index (χ1n) is 11.1. The smallest absolute Gasteiger partial charge is 0.0833 e. The average Bonchev–Trinajstić information content (AvgIpc) is 3.06. The lowest BCUT2D eigenvalue weighted by Crippen LogP contribution is -2.28. The molecule has 1 heterocycles. The fraction of sp³-hybridized carbons (Fsp3) is 0.750. The summed E-state index contributed by atoms with van der Waals surface area (Å²) in [5.74, 6) is 0. The highest BCUT2D eigenvalue weighted by molar-refractivity contribution is 5.19. The number of hydrogen-bond acceptors (Lipinski definition) is 1. The van der Waals surface area contributed by atoms with Crippen LogP contribution in [0.2, 0.25) is 0 Å². The fourth-order valence-electron chi connectivity index (χ4n) is 4.87. The Kier molecular flexibility index (Phi) is 7.85. The summed E-state index contributed by atoms with van der Waals surface area (Å²) in [4.78, 5) is 0. The summed E-state index contributed by atoms with van der Waals surface area (Å²) in [7, 11) is 0. The molecule has 140 valence electrons. The monoisotopic (exact) mass is 342 g/mol. The van der Waals surface area contributed by atoms with Crippen molar-refractivity contribution in [2.24, 2.45) is 0 Å². The third-order valence-corrected chi connectivity index (χ3v) is 6.44. The molecule has 25 heavy (non-hydrogen) atoms. The Bertz CT molecular complexity index is 450. The standard InChI is InChI=1S/C24H38O/c1-2-4-6-8-10-15-20-24(19-14-9-7-5-3-1)21-18-23(25-24)22-16-12-11-13-17-22/h11-13,16-17,23H,1-10,14-15,18-21H2. The molecule has 0 N–H and O–H groups in total. The van der Waals surface area contributed by atoms with Crippen LogP contribution in [0.1, 0.15) is 114 Å². The van der Waals surface area contributed by atoms with Crippen molar-refractivity contribution in [2.75, 3.05) is 0 Å². The summed E-state index contributed by atoms with van der Waals surface area (Å²) in [5.41, 5.74) is 1.57. The van der Waals surface area contributed by atoms with E-state index in [4.69, 9.17) is 4.74 Å². The van der Waals surface area contributed by atoms with Gasteiger partial charge in [-0.1, -0.05) is 107 Å². The molecule has 1 saturated heterocycles. The lowest BCUT2D eigenvalue weighted by atomic mass is 9.87. The molecule has 1 heteroatoms. The second-order valence-corrected chi connectivity index (χ2v) is 8.48. The minimum absolute atomic E-state index is 0.181. The Morgan fingerprint density at radius 1 is 0.600 bits per heavy atom. The number of hydrogen-bond donors (Lipinski definition) is 0. The van der Waals surface area contributed by atoms with Gasteiger partial charge >= 0.3 is 0 Å². The Morgan fingerprint density at radius 3 is 1.60 bits per heavy atom. The van der Waals surface area contributed by atoms with Crippen molar-refractivity contribution >= 4 is 0 Å². The number of benzene rings is 1. The molecular formula is C24H38O. The third kappa shape index (κ3) is 6.13. The maximum absolute atomic E-state index is 6.76. The third-order valence-electron chi connectivity index (χ3n) is 6.44. The first-order chi connectivity index (χ1) is 12.4. The van der Waals surface area contributed by atoms with E-state index in [1.54, 1.807) is 0 Å². The Labute approximate surface area is 155 Å². The highest BCUT2D eigenvalue weighted by Crippen LogP contribution is 2.45. The van der Waals surface area contributed by atoms with Crippen LogP contribution in [-0.4, -0.2) is 5.60 Å². The summed E-state index contributed by atoms with van der Waals surface area (Å²) >= 11 is 0. The van der Waals surface area contributed by atoms with E-state index in [-0.39, 0.29) is 5.60 Å². The Hall–Kier alpha value is -0.820. The first-order valence-corrected chi connectivity index (χ1v) is 11.1. The van der Waals surface area contributed by atoms with Gasteiger partial charge in [-0.2, -0.15) is 0 Å². The topological polar surface area (TPSA) is 9.23 Å². The maximum Gasteiger partial charge on any atom is 0.0833 e. The van der Waals surface area contributed by atoms with Gasteiger partial charge in [-0.05, 0) is 31.2 Å². The van der Waals surface area contributed by atoms with Gasteiger partial charge in [0.2, 0.25) is 0 Å². The minimum atomic E-state index is 0.181. The Morgan fingerprint density at radius 2 is 1.08 bits per heavy atom. The normalized spacial score (nSPS) is 26.8. The lowest BCUT2D eigenvalue weighted by Gasteiger charge is -2.30. The molecule has 1 unspecified atom stereocenters. The van der Waals surface area contributed by atoms with Crippen molar-refractivity contribution in [1.82, 2.24) is 0 Å². The quantitative estimate of drug-likeness (QED) is 0.507. The molecule has 0 amide bonds. The molecule has 0 bridgehead atoms. The van der Waals surface area contributed by atoms with Gasteiger partial charge in [-0.15, -0.1) is 0 Å². The van der Waals surface area contributed by atoms with E-state index in [9.17, 15) is 0 Å². The predicted molar refractivity (Wildman–Crippen MR) is 107 cm³/mol. The van der Waals surface area contributed by atoms with Gasteiger partial charge in [0.15, 0.2) is 0 Å². The second kappa shape index (κ2) is 10.4. The van der Waals surface area contributed by atoms with Crippen LogP contribution < -0.4 is 0 Å². The van der Waals surface area contributed by atoms with Crippen LogP contribution in [0.15, 0.2) is 30.3 Å². The molecular weight excluding hydrogens is 304 g/mol. The van der Waals surface area contributed by atoms with Gasteiger partial charge in [0.25, 0.3) is 0 Å². The van der Waals surface area contributed by atoms with Gasteiger partial charge < -0.3 is 4.74 Å². The summed E-state index contributed by atoms with van der Waals surface area (Å²) in [6.45, 7) is 0. The minimum Gasteiger partial charge on any atom is -0.367 e. The first kappa shape index (κ1) is 19.0. The van der Waals surface area contributed by atoms with Crippen molar-refractivity contribution in [1.29, 1.82) is 0 Å². The molecule has 0 radical (unpaired) electrons. The zero-order valence-electron chi connectivity index (χ0n) is 16.2. The molecule has 1 aromatic carbocycles. The van der Waals surface area contributed by atoms with Gasteiger partial charge in [-0.3, -0.25) is 0 Å². The largest absolute Gasteiger partial charge is 0.367 e. The molecule has 1 atom stereocenters. The molecule has 1 spiro atoms. The van der Waals surface area contributed by atoms with Crippen LogP contribution in [0.4, 0.5) is 0 Å². The highest BCUT2D eigenvalue weighted by Gasteiger charge is 2.39. The van der Waals surface area contributed by atoms with Gasteiger partial charge in [0.05, 0.1) is 11.7 Å². The van der Waals surface area contributed by atoms with Crippen molar-refractivity contribution in [3.8, 4) is 0 Å². The van der Waals surface area contributed by atoms with E-state index >= 15 is 0 Å². The van der Waals surface area contributed by atoms with E-state index in [1.807, 2.05) is 0 Å². The molecule has 2 fully saturated rings. The van der Waals surface area contributed by atoms with Crippen LogP contribution in [0, 0.1) is 0 Å². The molecule has 1 nitrogen and oxygen atoms in total. The van der Waals surface area contributed by atoms with Crippen LogP contribution in [0.3, 0.4) is 0 Å². The summed E-state index contributed by atoms with van der Waals surface area (Å²) < 4.78 is 6.76. The van der Waals surface area contributed by atoms with Crippen LogP contribution in [-0.2, 0) is 4.74 Å². The van der Waals surface area contributed by atoms with Crippen LogP contribution in [0.5, 0.6) is 0 Å². The number of rotatable bonds is 1. The van der Waals surface area contributed by atoms with Crippen molar-refractivity contribution < 1.29 is 4.74 Å². The lowest BCUT2D eigenvalue weighted by molar-refractivity contribution is -0.0563. The maximum atomic E-state index is 6.76. The molecule has 1 aliphatic heterocycles. The van der Waals surface area contributed by atoms with Crippen LogP contribution >= 0.6 is 0 Å². The zero-order chi connectivity index (χ0) is 17.2. The van der Waals surface area contributed by atoms with Gasteiger partial charge in [0, 0.05) is 0 Å². The highest BCUT2D eigenvalue weighted by atomic mass is 16.5. The molecule has 1 aliphatic carbocycles. The zero-order valence-corrected chi connectivity index (χ0v) is 16.2. The van der Waals surface area contributed by atoms with E-state index in [1.165, 1.54) is 108 Å². The molecule has 0 aromatic heterocycles.